The van der Waals surface area contributed by atoms with Crippen molar-refractivity contribution in [1.82, 2.24) is 14.9 Å². The van der Waals surface area contributed by atoms with E-state index in [1.807, 2.05) is 30.1 Å². The van der Waals surface area contributed by atoms with Gasteiger partial charge in [0.25, 0.3) is 5.91 Å². The molecule has 4 rings (SSSR count). The predicted octanol–water partition coefficient (Wildman–Crippen LogP) is 2.55. The molecule has 29 heavy (non-hydrogen) atoms. The van der Waals surface area contributed by atoms with Crippen LogP contribution in [0.2, 0.25) is 0 Å². The molecule has 1 fully saturated rings. The highest BCUT2D eigenvalue weighted by Gasteiger charge is 2.22. The van der Waals surface area contributed by atoms with Gasteiger partial charge in [-0.1, -0.05) is 12.1 Å². The van der Waals surface area contributed by atoms with Gasteiger partial charge in [-0.25, -0.2) is 9.97 Å². The van der Waals surface area contributed by atoms with Gasteiger partial charge in [-0.3, -0.25) is 4.79 Å². The molecule has 1 aliphatic heterocycles. The number of amides is 1. The molecule has 7 heteroatoms. The molecule has 1 N–H and O–H groups in total. The second-order valence-electron chi connectivity index (χ2n) is 7.26. The Morgan fingerprint density at radius 1 is 1.28 bits per heavy atom. The number of anilines is 1. The molecule has 152 valence electrons. The lowest BCUT2D eigenvalue weighted by atomic mass is 10.1. The summed E-state index contributed by atoms with van der Waals surface area (Å²) in [5.74, 6) is 2.27. The lowest BCUT2D eigenvalue weighted by Crippen LogP contribution is -2.40. The van der Waals surface area contributed by atoms with Crippen LogP contribution in [0.1, 0.15) is 39.9 Å². The molecule has 0 unspecified atom stereocenters. The van der Waals surface area contributed by atoms with Crippen LogP contribution >= 0.6 is 0 Å². The van der Waals surface area contributed by atoms with E-state index in [0.717, 1.165) is 34.9 Å². The van der Waals surface area contributed by atoms with Gasteiger partial charge >= 0.3 is 0 Å². The van der Waals surface area contributed by atoms with E-state index in [1.54, 1.807) is 7.11 Å². The average Bonchev–Trinajstić information content (AvgIpc) is 3.14. The Hall–Kier alpha value is -2.93. The van der Waals surface area contributed by atoms with Crippen LogP contribution in [-0.2, 0) is 17.6 Å². The zero-order valence-electron chi connectivity index (χ0n) is 17.1. The number of carbonyl (C=O) groups is 1. The van der Waals surface area contributed by atoms with Gasteiger partial charge in [0.15, 0.2) is 0 Å². The average molecular weight is 394 g/mol. The second-order valence-corrected chi connectivity index (χ2v) is 7.26. The zero-order chi connectivity index (χ0) is 20.4. The number of nitrogens with one attached hydrogen (secondary N) is 1. The van der Waals surface area contributed by atoms with Crippen LogP contribution in [0.15, 0.2) is 24.3 Å². The summed E-state index contributed by atoms with van der Waals surface area (Å²) in [5, 5.41) is 3.19. The highest BCUT2D eigenvalue weighted by Crippen LogP contribution is 2.32. The maximum Gasteiger partial charge on any atom is 0.254 e. The predicted molar refractivity (Wildman–Crippen MR) is 111 cm³/mol. The third-order valence-electron chi connectivity index (χ3n) is 5.44. The maximum atomic E-state index is 12.8. The summed E-state index contributed by atoms with van der Waals surface area (Å²) >= 11 is 0. The van der Waals surface area contributed by atoms with Crippen molar-refractivity contribution in [2.45, 2.75) is 19.8 Å². The minimum absolute atomic E-state index is 0.00551. The van der Waals surface area contributed by atoms with Gasteiger partial charge in [0.1, 0.15) is 17.4 Å². The molecule has 1 amide bonds. The number of nitrogens with zero attached hydrogens (tertiary/aromatic N) is 3. The number of benzene rings is 1. The zero-order valence-corrected chi connectivity index (χ0v) is 17.1. The number of allylic oxidation sites excluding steroid dienone is 2. The first kappa shape index (κ1) is 19.4. The Morgan fingerprint density at radius 2 is 2.07 bits per heavy atom. The van der Waals surface area contributed by atoms with Crippen LogP contribution in [0.25, 0.3) is 5.57 Å². The molecule has 1 aliphatic carbocycles. The molecule has 0 saturated carbocycles. The Kier molecular flexibility index (Phi) is 5.49. The first-order chi connectivity index (χ1) is 14.1. The van der Waals surface area contributed by atoms with Crippen molar-refractivity contribution < 1.29 is 14.3 Å². The monoisotopic (exact) mass is 394 g/mol. The number of ether oxygens (including phenoxy) is 2. The highest BCUT2D eigenvalue weighted by molar-refractivity contribution is 5.94. The molecule has 2 aliphatic rings. The van der Waals surface area contributed by atoms with Gasteiger partial charge in [-0.2, -0.15) is 0 Å². The van der Waals surface area contributed by atoms with Crippen molar-refractivity contribution in [2.75, 3.05) is 45.8 Å². The number of morpholine rings is 1. The molecular formula is C22H26N4O3. The molecule has 0 spiro atoms. The number of fused-ring (bicyclic) bond motifs is 1. The van der Waals surface area contributed by atoms with Gasteiger partial charge in [0.2, 0.25) is 0 Å². The first-order valence-electron chi connectivity index (χ1n) is 9.89. The van der Waals surface area contributed by atoms with Crippen molar-refractivity contribution in [3.63, 3.8) is 0 Å². The Labute approximate surface area is 170 Å². The molecule has 2 aromatic rings. The largest absolute Gasteiger partial charge is 0.496 e. The molecule has 1 aromatic carbocycles. The van der Waals surface area contributed by atoms with E-state index in [0.29, 0.717) is 44.0 Å². The number of rotatable bonds is 5. The van der Waals surface area contributed by atoms with E-state index in [-0.39, 0.29) is 5.91 Å². The number of carbonyl (C=O) groups excluding carboxylic acids is 1. The lowest BCUT2D eigenvalue weighted by Gasteiger charge is -2.27. The van der Waals surface area contributed by atoms with Crippen molar-refractivity contribution in [2.24, 2.45) is 0 Å². The van der Waals surface area contributed by atoms with E-state index < -0.39 is 0 Å². The molecular weight excluding hydrogens is 368 g/mol. The van der Waals surface area contributed by atoms with Gasteiger partial charge < -0.3 is 19.7 Å². The maximum absolute atomic E-state index is 12.8. The van der Waals surface area contributed by atoms with E-state index >= 15 is 0 Å². The number of methoxy groups -OCH3 is 1. The molecule has 0 bridgehead atoms. The summed E-state index contributed by atoms with van der Waals surface area (Å²) in [6.07, 6.45) is 3.54. The fourth-order valence-electron chi connectivity index (χ4n) is 3.88. The Bertz CT molecular complexity index is 965. The van der Waals surface area contributed by atoms with Crippen LogP contribution in [0.4, 0.5) is 5.82 Å². The Morgan fingerprint density at radius 3 is 2.79 bits per heavy atom. The SMILES string of the molecule is CNc1nc(Cc2ccc(C(=O)N3CCOCC3)cc2OC)nc2c1C(C)=CC2. The molecule has 7 nitrogen and oxygen atoms in total. The van der Waals surface area contributed by atoms with Crippen molar-refractivity contribution in [1.29, 1.82) is 0 Å². The van der Waals surface area contributed by atoms with E-state index in [2.05, 4.69) is 18.3 Å². The molecule has 0 radical (unpaired) electrons. The quantitative estimate of drug-likeness (QED) is 0.840. The third-order valence-corrected chi connectivity index (χ3v) is 5.44. The normalized spacial score (nSPS) is 15.7. The second kappa shape index (κ2) is 8.21. The van der Waals surface area contributed by atoms with Gasteiger partial charge in [-0.05, 0) is 24.6 Å². The third kappa shape index (κ3) is 3.82. The van der Waals surface area contributed by atoms with Crippen molar-refractivity contribution in [3.8, 4) is 5.75 Å². The van der Waals surface area contributed by atoms with Crippen LogP contribution in [-0.4, -0.2) is 61.2 Å². The number of hydrogen-bond acceptors (Lipinski definition) is 6. The van der Waals surface area contributed by atoms with Gasteiger partial charge in [0, 0.05) is 49.7 Å². The van der Waals surface area contributed by atoms with E-state index in [4.69, 9.17) is 19.4 Å². The summed E-state index contributed by atoms with van der Waals surface area (Å²) in [7, 11) is 3.50. The van der Waals surface area contributed by atoms with Crippen LogP contribution in [0.3, 0.4) is 0 Å². The molecule has 1 aromatic heterocycles. The standard InChI is InChI=1S/C22H26N4O3/c1-14-4-7-17-20(14)21(23-2)25-19(24-17)13-15-5-6-16(12-18(15)28-3)22(27)26-8-10-29-11-9-26/h4-6,12H,7-11,13H2,1-3H3,(H,23,24,25). The van der Waals surface area contributed by atoms with Gasteiger partial charge in [-0.15, -0.1) is 0 Å². The van der Waals surface area contributed by atoms with Crippen molar-refractivity contribution in [3.05, 3.63) is 52.5 Å². The fraction of sp³-hybridized carbons (Fsp3) is 0.409. The van der Waals surface area contributed by atoms with Crippen LogP contribution < -0.4 is 10.1 Å². The summed E-state index contributed by atoms with van der Waals surface area (Å²) in [6.45, 7) is 4.48. The topological polar surface area (TPSA) is 76.6 Å². The summed E-state index contributed by atoms with van der Waals surface area (Å²) in [5.41, 5.74) is 4.94. The smallest absolute Gasteiger partial charge is 0.254 e. The Balaban J connectivity index is 1.59. The first-order valence-corrected chi connectivity index (χ1v) is 9.89. The summed E-state index contributed by atoms with van der Waals surface area (Å²) in [4.78, 5) is 24.0. The van der Waals surface area contributed by atoms with E-state index in [1.165, 1.54) is 5.57 Å². The highest BCUT2D eigenvalue weighted by atomic mass is 16.5. The minimum Gasteiger partial charge on any atom is -0.496 e. The van der Waals surface area contributed by atoms with E-state index in [9.17, 15) is 4.79 Å². The number of aromatic nitrogens is 2. The minimum atomic E-state index is 0.00551. The summed E-state index contributed by atoms with van der Waals surface area (Å²) in [6, 6.07) is 5.60. The number of hydrogen-bond donors (Lipinski definition) is 1. The van der Waals surface area contributed by atoms with Crippen LogP contribution in [0, 0.1) is 0 Å². The lowest BCUT2D eigenvalue weighted by molar-refractivity contribution is 0.0302. The summed E-state index contributed by atoms with van der Waals surface area (Å²) < 4.78 is 10.9. The van der Waals surface area contributed by atoms with Gasteiger partial charge in [0.05, 0.1) is 26.0 Å². The van der Waals surface area contributed by atoms with Crippen LogP contribution in [0.5, 0.6) is 5.75 Å². The van der Waals surface area contributed by atoms with Crippen molar-refractivity contribution >= 4 is 17.3 Å². The molecule has 0 atom stereocenters. The molecule has 1 saturated heterocycles. The fourth-order valence-corrected chi connectivity index (χ4v) is 3.88. The molecule has 2 heterocycles.